The number of nitrogens with zero attached hydrogens (tertiary/aromatic N) is 2. The topological polar surface area (TPSA) is 46.4 Å². The number of hydrogen-bond donors (Lipinski definition) is 1. The van der Waals surface area contributed by atoms with E-state index in [1.807, 2.05) is 24.3 Å². The summed E-state index contributed by atoms with van der Waals surface area (Å²) in [5.74, 6) is -0.412. The Kier molecular flexibility index (Phi) is 4.17. The summed E-state index contributed by atoms with van der Waals surface area (Å²) < 4.78 is 40.8. The zero-order valence-corrected chi connectivity index (χ0v) is 14.7. The number of benzene rings is 1. The number of alkyl halides is 3. The monoisotopic (exact) mass is 373 g/mol. The number of halogens is 3. The number of aromatic nitrogens is 2. The number of carbonyl (C=O) groups excluding carboxylic acids is 1. The predicted molar refractivity (Wildman–Crippen MR) is 94.5 cm³/mol. The van der Waals surface area contributed by atoms with E-state index < -0.39 is 17.8 Å². The van der Waals surface area contributed by atoms with Crippen LogP contribution < -0.4 is 5.32 Å². The van der Waals surface area contributed by atoms with Crippen molar-refractivity contribution in [3.8, 4) is 0 Å². The molecule has 7 heteroatoms. The van der Waals surface area contributed by atoms with Crippen LogP contribution in [-0.2, 0) is 12.6 Å². The van der Waals surface area contributed by atoms with Crippen LogP contribution in [0.15, 0.2) is 42.6 Å². The summed E-state index contributed by atoms with van der Waals surface area (Å²) >= 11 is 0. The predicted octanol–water partition coefficient (Wildman–Crippen LogP) is 4.47. The third-order valence-electron chi connectivity index (χ3n) is 5.02. The minimum absolute atomic E-state index is 0.0175. The lowest BCUT2D eigenvalue weighted by Crippen LogP contribution is -2.31. The van der Waals surface area contributed by atoms with Crippen LogP contribution in [0.4, 0.5) is 13.2 Å². The molecule has 1 unspecified atom stereocenters. The molecule has 0 radical (unpaired) electrons. The van der Waals surface area contributed by atoms with E-state index >= 15 is 0 Å². The molecule has 1 aliphatic carbocycles. The Morgan fingerprint density at radius 1 is 1.26 bits per heavy atom. The Morgan fingerprint density at radius 2 is 2.04 bits per heavy atom. The molecule has 0 aliphatic heterocycles. The fraction of sp³-hybridized carbons (Fsp3) is 0.300. The van der Waals surface area contributed by atoms with Crippen molar-refractivity contribution in [1.82, 2.24) is 14.7 Å². The molecular weight excluding hydrogens is 355 g/mol. The summed E-state index contributed by atoms with van der Waals surface area (Å²) in [6.45, 7) is 1.56. The molecule has 1 N–H and O–H groups in total. The van der Waals surface area contributed by atoms with Crippen molar-refractivity contribution >= 4 is 11.6 Å². The fourth-order valence-electron chi connectivity index (χ4n) is 3.70. The zero-order chi connectivity index (χ0) is 19.2. The molecule has 1 aliphatic rings. The number of rotatable bonds is 2. The third kappa shape index (κ3) is 3.18. The molecule has 2 aromatic heterocycles. The Bertz CT molecular complexity index is 1020. The van der Waals surface area contributed by atoms with Crippen LogP contribution in [0.2, 0.25) is 0 Å². The summed E-state index contributed by atoms with van der Waals surface area (Å²) in [5.41, 5.74) is 1.80. The van der Waals surface area contributed by atoms with E-state index in [0.29, 0.717) is 5.69 Å². The van der Waals surface area contributed by atoms with E-state index in [9.17, 15) is 18.0 Å². The van der Waals surface area contributed by atoms with Crippen LogP contribution in [0.25, 0.3) is 5.65 Å². The molecule has 1 atom stereocenters. The third-order valence-corrected chi connectivity index (χ3v) is 5.02. The standard InChI is InChI=1S/C20H18F3N3O/c1-12-11-17(20(21,22)23)25-18-15(9-10-26(12)18)19(27)24-16-8-4-6-13-5-2-3-7-14(13)16/h2-3,5,7,9-11,16H,4,6,8H2,1H3,(H,24,27). The van der Waals surface area contributed by atoms with E-state index in [1.165, 1.54) is 16.0 Å². The van der Waals surface area contributed by atoms with E-state index in [2.05, 4.69) is 10.3 Å². The molecule has 0 spiro atoms. The van der Waals surface area contributed by atoms with Gasteiger partial charge in [0, 0.05) is 11.9 Å². The maximum Gasteiger partial charge on any atom is 0.433 e. The molecule has 0 saturated heterocycles. The van der Waals surface area contributed by atoms with Crippen molar-refractivity contribution in [3.05, 3.63) is 70.7 Å². The summed E-state index contributed by atoms with van der Waals surface area (Å²) in [6, 6.07) is 10.3. The highest BCUT2D eigenvalue weighted by atomic mass is 19.4. The second kappa shape index (κ2) is 6.40. The first-order chi connectivity index (χ1) is 12.8. The molecule has 27 heavy (non-hydrogen) atoms. The largest absolute Gasteiger partial charge is 0.433 e. The number of aryl methyl sites for hydroxylation is 2. The van der Waals surface area contributed by atoms with Crippen LogP contribution in [0.1, 0.15) is 51.8 Å². The molecule has 1 amide bonds. The summed E-state index contributed by atoms with van der Waals surface area (Å²) in [6.07, 6.45) is -0.273. The number of nitrogens with one attached hydrogen (secondary N) is 1. The zero-order valence-electron chi connectivity index (χ0n) is 14.7. The Labute approximate surface area is 154 Å². The molecule has 140 valence electrons. The van der Waals surface area contributed by atoms with Crippen LogP contribution in [-0.4, -0.2) is 15.3 Å². The maximum absolute atomic E-state index is 13.1. The molecule has 1 aromatic carbocycles. The lowest BCUT2D eigenvalue weighted by molar-refractivity contribution is -0.141. The second-order valence-electron chi connectivity index (χ2n) is 6.82. The molecule has 4 rings (SSSR count). The van der Waals surface area contributed by atoms with Gasteiger partial charge in [0.25, 0.3) is 5.91 Å². The van der Waals surface area contributed by atoms with Gasteiger partial charge >= 0.3 is 6.18 Å². The number of fused-ring (bicyclic) bond motifs is 2. The highest BCUT2D eigenvalue weighted by molar-refractivity contribution is 6.00. The minimum Gasteiger partial charge on any atom is -0.345 e. The normalized spacial score (nSPS) is 17.0. The van der Waals surface area contributed by atoms with Gasteiger partial charge in [-0.2, -0.15) is 13.2 Å². The Morgan fingerprint density at radius 3 is 2.81 bits per heavy atom. The smallest absolute Gasteiger partial charge is 0.345 e. The van der Waals surface area contributed by atoms with Gasteiger partial charge in [-0.15, -0.1) is 0 Å². The molecule has 4 nitrogen and oxygen atoms in total. The van der Waals surface area contributed by atoms with Gasteiger partial charge in [0.1, 0.15) is 11.3 Å². The molecule has 0 bridgehead atoms. The van der Waals surface area contributed by atoms with Crippen LogP contribution in [0, 0.1) is 6.92 Å². The molecule has 0 fully saturated rings. The quantitative estimate of drug-likeness (QED) is 0.721. The maximum atomic E-state index is 13.1. The SMILES string of the molecule is Cc1cc(C(F)(F)F)nc2c(C(=O)NC3CCCc4ccccc43)ccn12. The summed E-state index contributed by atoms with van der Waals surface area (Å²) in [4.78, 5) is 16.5. The van der Waals surface area contributed by atoms with Crippen LogP contribution >= 0.6 is 0 Å². The van der Waals surface area contributed by atoms with Crippen molar-refractivity contribution in [2.24, 2.45) is 0 Å². The second-order valence-corrected chi connectivity index (χ2v) is 6.82. The lowest BCUT2D eigenvalue weighted by Gasteiger charge is -2.26. The molecular formula is C20H18F3N3O. The van der Waals surface area contributed by atoms with E-state index in [1.54, 1.807) is 13.1 Å². The van der Waals surface area contributed by atoms with Gasteiger partial charge in [0.15, 0.2) is 0 Å². The van der Waals surface area contributed by atoms with Crippen molar-refractivity contribution in [2.75, 3.05) is 0 Å². The Balaban J connectivity index is 1.69. The van der Waals surface area contributed by atoms with Gasteiger partial charge in [-0.25, -0.2) is 4.98 Å². The van der Waals surface area contributed by atoms with Gasteiger partial charge in [-0.1, -0.05) is 24.3 Å². The van der Waals surface area contributed by atoms with Gasteiger partial charge in [0.2, 0.25) is 0 Å². The van der Waals surface area contributed by atoms with Gasteiger partial charge < -0.3 is 9.72 Å². The van der Waals surface area contributed by atoms with E-state index in [0.717, 1.165) is 30.9 Å². The van der Waals surface area contributed by atoms with E-state index in [4.69, 9.17) is 0 Å². The first-order valence-corrected chi connectivity index (χ1v) is 8.79. The van der Waals surface area contributed by atoms with E-state index in [-0.39, 0.29) is 17.3 Å². The van der Waals surface area contributed by atoms with Crippen molar-refractivity contribution in [2.45, 2.75) is 38.4 Å². The molecule has 0 saturated carbocycles. The number of amides is 1. The Hall–Kier alpha value is -2.83. The first kappa shape index (κ1) is 17.6. The number of carbonyl (C=O) groups is 1. The van der Waals surface area contributed by atoms with Crippen LogP contribution in [0.5, 0.6) is 0 Å². The van der Waals surface area contributed by atoms with Gasteiger partial charge in [-0.3, -0.25) is 4.79 Å². The average molecular weight is 373 g/mol. The summed E-state index contributed by atoms with van der Waals surface area (Å²) in [7, 11) is 0. The van der Waals surface area contributed by atoms with Crippen molar-refractivity contribution in [3.63, 3.8) is 0 Å². The molecule has 2 heterocycles. The van der Waals surface area contributed by atoms with Gasteiger partial charge in [-0.05, 0) is 49.4 Å². The minimum atomic E-state index is -4.56. The highest BCUT2D eigenvalue weighted by Gasteiger charge is 2.34. The van der Waals surface area contributed by atoms with Crippen LogP contribution in [0.3, 0.4) is 0 Å². The average Bonchev–Trinajstić information content (AvgIpc) is 3.06. The highest BCUT2D eigenvalue weighted by Crippen LogP contribution is 2.31. The van der Waals surface area contributed by atoms with Crippen molar-refractivity contribution < 1.29 is 18.0 Å². The van der Waals surface area contributed by atoms with Crippen molar-refractivity contribution in [1.29, 1.82) is 0 Å². The fourth-order valence-corrected chi connectivity index (χ4v) is 3.70. The summed E-state index contributed by atoms with van der Waals surface area (Å²) in [5, 5.41) is 2.97. The lowest BCUT2D eigenvalue weighted by atomic mass is 9.87. The van der Waals surface area contributed by atoms with Gasteiger partial charge in [0.05, 0.1) is 11.6 Å². The first-order valence-electron chi connectivity index (χ1n) is 8.79. The number of hydrogen-bond acceptors (Lipinski definition) is 2. The molecule has 3 aromatic rings.